The van der Waals surface area contributed by atoms with E-state index in [1.54, 1.807) is 7.11 Å². The molecule has 0 fully saturated rings. The molecule has 1 atom stereocenters. The highest BCUT2D eigenvalue weighted by molar-refractivity contribution is 4.90. The van der Waals surface area contributed by atoms with Gasteiger partial charge in [0.05, 0.1) is 5.60 Å². The fourth-order valence-electron chi connectivity index (χ4n) is 1.84. The lowest BCUT2D eigenvalue weighted by molar-refractivity contribution is 0.0157. The minimum Gasteiger partial charge on any atom is -0.379 e. The second-order valence-electron chi connectivity index (χ2n) is 5.07. The smallest absolute Gasteiger partial charge is 0.0634 e. The summed E-state index contributed by atoms with van der Waals surface area (Å²) in [6, 6.07) is 0. The van der Waals surface area contributed by atoms with Crippen LogP contribution >= 0.6 is 0 Å². The molecule has 0 amide bonds. The van der Waals surface area contributed by atoms with Gasteiger partial charge in [-0.25, -0.2) is 0 Å². The molecule has 0 radical (unpaired) electrons. The Morgan fingerprint density at radius 2 is 2.20 bits per heavy atom. The maximum atomic E-state index is 5.38. The summed E-state index contributed by atoms with van der Waals surface area (Å²) >= 11 is 0. The van der Waals surface area contributed by atoms with Crippen LogP contribution < -0.4 is 5.32 Å². The molecule has 1 aliphatic carbocycles. The lowest BCUT2D eigenvalue weighted by Gasteiger charge is -2.24. The van der Waals surface area contributed by atoms with Gasteiger partial charge in [-0.15, -0.1) is 0 Å². The molecule has 0 heterocycles. The van der Waals surface area contributed by atoms with Crippen molar-refractivity contribution in [3.8, 4) is 0 Å². The molecule has 88 valence electrons. The number of ether oxygens (including phenoxy) is 1. The van der Waals surface area contributed by atoms with Crippen LogP contribution in [0, 0.1) is 5.92 Å². The molecule has 15 heavy (non-hydrogen) atoms. The molecule has 0 saturated heterocycles. The van der Waals surface area contributed by atoms with Crippen molar-refractivity contribution in [1.29, 1.82) is 0 Å². The van der Waals surface area contributed by atoms with Crippen LogP contribution in [0.15, 0.2) is 12.2 Å². The van der Waals surface area contributed by atoms with E-state index in [1.165, 1.54) is 19.3 Å². The number of hydrogen-bond acceptors (Lipinski definition) is 2. The van der Waals surface area contributed by atoms with Gasteiger partial charge >= 0.3 is 0 Å². The van der Waals surface area contributed by atoms with Gasteiger partial charge in [0.1, 0.15) is 0 Å². The highest BCUT2D eigenvalue weighted by Gasteiger charge is 2.15. The Balaban J connectivity index is 2.04. The van der Waals surface area contributed by atoms with Crippen molar-refractivity contribution in [1.82, 2.24) is 5.32 Å². The molecule has 1 aliphatic rings. The minimum atomic E-state index is 0.0134. The van der Waals surface area contributed by atoms with Crippen molar-refractivity contribution in [3.63, 3.8) is 0 Å². The lowest BCUT2D eigenvalue weighted by atomic mass is 9.94. The van der Waals surface area contributed by atoms with Crippen LogP contribution in [-0.2, 0) is 4.74 Å². The highest BCUT2D eigenvalue weighted by Crippen LogP contribution is 2.17. The Bertz CT molecular complexity index is 199. The SMILES string of the molecule is COC(C)(C)CCNCC1CC=CCC1. The zero-order chi connectivity index (χ0) is 11.1. The lowest BCUT2D eigenvalue weighted by Crippen LogP contribution is -2.31. The first-order chi connectivity index (χ1) is 7.14. The number of nitrogens with one attached hydrogen (secondary N) is 1. The maximum absolute atomic E-state index is 5.38. The fraction of sp³-hybridized carbons (Fsp3) is 0.846. The van der Waals surface area contributed by atoms with Crippen LogP contribution in [0.5, 0.6) is 0 Å². The first-order valence-corrected chi connectivity index (χ1v) is 6.05. The van der Waals surface area contributed by atoms with Crippen LogP contribution in [0.25, 0.3) is 0 Å². The predicted molar refractivity (Wildman–Crippen MR) is 65.1 cm³/mol. The molecule has 1 rings (SSSR count). The van der Waals surface area contributed by atoms with E-state index in [-0.39, 0.29) is 5.60 Å². The molecule has 1 unspecified atom stereocenters. The third-order valence-corrected chi connectivity index (χ3v) is 3.27. The van der Waals surface area contributed by atoms with Gasteiger partial charge in [-0.3, -0.25) is 0 Å². The van der Waals surface area contributed by atoms with Crippen LogP contribution in [0.1, 0.15) is 39.5 Å². The number of methoxy groups -OCH3 is 1. The monoisotopic (exact) mass is 211 g/mol. The molecule has 0 aromatic carbocycles. The molecule has 0 spiro atoms. The number of allylic oxidation sites excluding steroid dienone is 2. The van der Waals surface area contributed by atoms with Gasteiger partial charge < -0.3 is 10.1 Å². The number of hydrogen-bond donors (Lipinski definition) is 1. The molecule has 1 N–H and O–H groups in total. The molecule has 0 saturated carbocycles. The third kappa shape index (κ3) is 5.33. The highest BCUT2D eigenvalue weighted by atomic mass is 16.5. The van der Waals surface area contributed by atoms with Crippen molar-refractivity contribution in [2.75, 3.05) is 20.2 Å². The normalized spacial score (nSPS) is 21.9. The summed E-state index contributed by atoms with van der Waals surface area (Å²) in [7, 11) is 1.78. The van der Waals surface area contributed by atoms with Crippen LogP contribution in [0.4, 0.5) is 0 Å². The molecule has 0 aromatic heterocycles. The van der Waals surface area contributed by atoms with E-state index in [0.717, 1.165) is 25.4 Å². The van der Waals surface area contributed by atoms with Gasteiger partial charge in [0.15, 0.2) is 0 Å². The van der Waals surface area contributed by atoms with E-state index in [1.807, 2.05) is 0 Å². The maximum Gasteiger partial charge on any atom is 0.0634 e. The molecular formula is C13H25NO. The topological polar surface area (TPSA) is 21.3 Å². The summed E-state index contributed by atoms with van der Waals surface area (Å²) in [6.45, 7) is 6.49. The van der Waals surface area contributed by atoms with Crippen molar-refractivity contribution < 1.29 is 4.74 Å². The van der Waals surface area contributed by atoms with Crippen LogP contribution in [0.2, 0.25) is 0 Å². The molecule has 2 heteroatoms. The van der Waals surface area contributed by atoms with Crippen LogP contribution in [0.3, 0.4) is 0 Å². The standard InChI is InChI=1S/C13H25NO/c1-13(2,15-3)9-10-14-11-12-7-5-4-6-8-12/h4-5,12,14H,6-11H2,1-3H3. The molecule has 2 nitrogen and oxygen atoms in total. The van der Waals surface area contributed by atoms with E-state index in [9.17, 15) is 0 Å². The minimum absolute atomic E-state index is 0.0134. The Labute approximate surface area is 94.1 Å². The van der Waals surface area contributed by atoms with E-state index < -0.39 is 0 Å². The van der Waals surface area contributed by atoms with Crippen molar-refractivity contribution in [2.24, 2.45) is 5.92 Å². The second kappa shape index (κ2) is 6.29. The summed E-state index contributed by atoms with van der Waals surface area (Å²) in [5.74, 6) is 0.848. The van der Waals surface area contributed by atoms with E-state index >= 15 is 0 Å². The summed E-state index contributed by atoms with van der Waals surface area (Å²) in [6.07, 6.45) is 9.54. The summed E-state index contributed by atoms with van der Waals surface area (Å²) < 4.78 is 5.38. The Morgan fingerprint density at radius 3 is 2.80 bits per heavy atom. The second-order valence-corrected chi connectivity index (χ2v) is 5.07. The van der Waals surface area contributed by atoms with E-state index in [0.29, 0.717) is 0 Å². The molecule has 0 aromatic rings. The Kier molecular flexibility index (Phi) is 5.34. The fourth-order valence-corrected chi connectivity index (χ4v) is 1.84. The third-order valence-electron chi connectivity index (χ3n) is 3.27. The Hall–Kier alpha value is -0.340. The van der Waals surface area contributed by atoms with Crippen molar-refractivity contribution in [3.05, 3.63) is 12.2 Å². The van der Waals surface area contributed by atoms with E-state index in [4.69, 9.17) is 4.74 Å². The molecular weight excluding hydrogens is 186 g/mol. The predicted octanol–water partition coefficient (Wildman–Crippen LogP) is 2.75. The van der Waals surface area contributed by atoms with E-state index in [2.05, 4.69) is 31.3 Å². The largest absolute Gasteiger partial charge is 0.379 e. The average molecular weight is 211 g/mol. The van der Waals surface area contributed by atoms with Gasteiger partial charge in [0, 0.05) is 7.11 Å². The zero-order valence-corrected chi connectivity index (χ0v) is 10.4. The van der Waals surface area contributed by atoms with Gasteiger partial charge in [-0.1, -0.05) is 12.2 Å². The van der Waals surface area contributed by atoms with Gasteiger partial charge in [0.2, 0.25) is 0 Å². The Morgan fingerprint density at radius 1 is 1.40 bits per heavy atom. The number of rotatable bonds is 6. The van der Waals surface area contributed by atoms with Crippen molar-refractivity contribution >= 4 is 0 Å². The summed E-state index contributed by atoms with van der Waals surface area (Å²) in [5, 5.41) is 3.53. The first kappa shape index (κ1) is 12.7. The van der Waals surface area contributed by atoms with Gasteiger partial charge in [-0.2, -0.15) is 0 Å². The zero-order valence-electron chi connectivity index (χ0n) is 10.4. The summed E-state index contributed by atoms with van der Waals surface area (Å²) in [4.78, 5) is 0. The van der Waals surface area contributed by atoms with Crippen molar-refractivity contribution in [2.45, 2.75) is 45.1 Å². The quantitative estimate of drug-likeness (QED) is 0.539. The average Bonchev–Trinajstić information content (AvgIpc) is 2.26. The first-order valence-electron chi connectivity index (χ1n) is 6.05. The van der Waals surface area contributed by atoms with Gasteiger partial charge in [0.25, 0.3) is 0 Å². The van der Waals surface area contributed by atoms with Crippen LogP contribution in [-0.4, -0.2) is 25.8 Å². The molecule has 0 aliphatic heterocycles. The molecule has 0 bridgehead atoms. The summed E-state index contributed by atoms with van der Waals surface area (Å²) in [5.41, 5.74) is 0.0134. The van der Waals surface area contributed by atoms with Gasteiger partial charge in [-0.05, 0) is 58.5 Å².